The highest BCUT2D eigenvalue weighted by molar-refractivity contribution is 7.16. The van der Waals surface area contributed by atoms with E-state index in [0.717, 1.165) is 20.5 Å². The average Bonchev–Trinajstić information content (AvgIpc) is 2.91. The Morgan fingerprint density at radius 2 is 1.95 bits per heavy atom. The maximum atomic E-state index is 10.2. The fraction of sp³-hybridized carbons (Fsp3) is 0.333. The van der Waals surface area contributed by atoms with Crippen molar-refractivity contribution in [3.8, 4) is 5.75 Å². The van der Waals surface area contributed by atoms with Crippen LogP contribution in [0.4, 0.5) is 0 Å². The Morgan fingerprint density at radius 3 is 2.50 bits per heavy atom. The van der Waals surface area contributed by atoms with Crippen LogP contribution in [-0.2, 0) is 0 Å². The topological polar surface area (TPSA) is 41.5 Å². The summed E-state index contributed by atoms with van der Waals surface area (Å²) < 4.78 is 5.88. The molecule has 0 bridgehead atoms. The molecule has 108 valence electrons. The SMILES string of the molecule is COc1ccc(C(O)CNC(C)c2ccc(Cl)s2)cc1. The first-order chi connectivity index (χ1) is 9.60. The summed E-state index contributed by atoms with van der Waals surface area (Å²) in [4.78, 5) is 1.16. The van der Waals surface area contributed by atoms with E-state index in [1.807, 2.05) is 36.4 Å². The van der Waals surface area contributed by atoms with Gasteiger partial charge in [0, 0.05) is 17.5 Å². The van der Waals surface area contributed by atoms with Gasteiger partial charge in [0.25, 0.3) is 0 Å². The Kier molecular flexibility index (Phi) is 5.43. The summed E-state index contributed by atoms with van der Waals surface area (Å²) in [5, 5.41) is 13.5. The van der Waals surface area contributed by atoms with E-state index in [9.17, 15) is 5.11 Å². The Bertz CT molecular complexity index is 541. The first kappa shape index (κ1) is 15.3. The van der Waals surface area contributed by atoms with Crippen molar-refractivity contribution in [2.75, 3.05) is 13.7 Å². The summed E-state index contributed by atoms with van der Waals surface area (Å²) in [5.41, 5.74) is 0.870. The number of methoxy groups -OCH3 is 1. The fourth-order valence-electron chi connectivity index (χ4n) is 1.89. The van der Waals surface area contributed by atoms with Crippen molar-refractivity contribution in [3.63, 3.8) is 0 Å². The van der Waals surface area contributed by atoms with Gasteiger partial charge in [-0.05, 0) is 36.8 Å². The van der Waals surface area contributed by atoms with Gasteiger partial charge in [0.2, 0.25) is 0 Å². The number of hydrogen-bond acceptors (Lipinski definition) is 4. The van der Waals surface area contributed by atoms with Crippen LogP contribution < -0.4 is 10.1 Å². The maximum Gasteiger partial charge on any atom is 0.118 e. The largest absolute Gasteiger partial charge is 0.497 e. The highest BCUT2D eigenvalue weighted by Crippen LogP contribution is 2.27. The van der Waals surface area contributed by atoms with Crippen molar-refractivity contribution in [2.45, 2.75) is 19.1 Å². The van der Waals surface area contributed by atoms with Crippen LogP contribution >= 0.6 is 22.9 Å². The molecule has 0 spiro atoms. The number of nitrogens with one attached hydrogen (secondary N) is 1. The maximum absolute atomic E-state index is 10.2. The molecule has 0 radical (unpaired) electrons. The van der Waals surface area contributed by atoms with Gasteiger partial charge in [0.05, 0.1) is 17.6 Å². The Morgan fingerprint density at radius 1 is 1.25 bits per heavy atom. The molecule has 2 aromatic rings. The average molecular weight is 312 g/mol. The molecule has 1 heterocycles. The molecular weight excluding hydrogens is 294 g/mol. The van der Waals surface area contributed by atoms with Gasteiger partial charge in [0.1, 0.15) is 5.75 Å². The van der Waals surface area contributed by atoms with E-state index in [4.69, 9.17) is 16.3 Å². The van der Waals surface area contributed by atoms with Gasteiger partial charge in [-0.3, -0.25) is 0 Å². The fourth-order valence-corrected chi connectivity index (χ4v) is 2.98. The highest BCUT2D eigenvalue weighted by atomic mass is 35.5. The van der Waals surface area contributed by atoms with E-state index in [0.29, 0.717) is 6.54 Å². The van der Waals surface area contributed by atoms with E-state index < -0.39 is 6.10 Å². The Labute approximate surface area is 128 Å². The van der Waals surface area contributed by atoms with Gasteiger partial charge in [-0.1, -0.05) is 23.7 Å². The van der Waals surface area contributed by atoms with E-state index in [-0.39, 0.29) is 6.04 Å². The molecule has 0 aliphatic carbocycles. The van der Waals surface area contributed by atoms with Crippen molar-refractivity contribution < 1.29 is 9.84 Å². The summed E-state index contributed by atoms with van der Waals surface area (Å²) in [5.74, 6) is 0.788. The van der Waals surface area contributed by atoms with Crippen LogP contribution in [0.1, 0.15) is 29.5 Å². The molecular formula is C15H18ClNO2S. The zero-order chi connectivity index (χ0) is 14.5. The predicted molar refractivity (Wildman–Crippen MR) is 83.7 cm³/mol. The van der Waals surface area contributed by atoms with Crippen LogP contribution in [0.25, 0.3) is 0 Å². The molecule has 0 aliphatic heterocycles. The second-order valence-electron chi connectivity index (χ2n) is 4.56. The molecule has 2 unspecified atom stereocenters. The molecule has 2 atom stereocenters. The predicted octanol–water partition coefficient (Wildman–Crippen LogP) is 3.79. The van der Waals surface area contributed by atoms with Gasteiger partial charge in [-0.25, -0.2) is 0 Å². The molecule has 2 N–H and O–H groups in total. The van der Waals surface area contributed by atoms with Crippen LogP contribution in [0, 0.1) is 0 Å². The number of hydrogen-bond donors (Lipinski definition) is 2. The quantitative estimate of drug-likeness (QED) is 0.852. The van der Waals surface area contributed by atoms with E-state index in [1.165, 1.54) is 0 Å². The van der Waals surface area contributed by atoms with E-state index in [1.54, 1.807) is 18.4 Å². The summed E-state index contributed by atoms with van der Waals surface area (Å²) in [6, 6.07) is 11.5. The second kappa shape index (κ2) is 7.09. The minimum atomic E-state index is -0.543. The molecule has 1 aromatic carbocycles. The number of halogens is 1. The molecule has 2 rings (SSSR count). The lowest BCUT2D eigenvalue weighted by atomic mass is 10.1. The number of thiophene rings is 1. The third kappa shape index (κ3) is 3.96. The van der Waals surface area contributed by atoms with Crippen LogP contribution in [-0.4, -0.2) is 18.8 Å². The first-order valence-electron chi connectivity index (χ1n) is 6.41. The smallest absolute Gasteiger partial charge is 0.118 e. The number of aliphatic hydroxyl groups excluding tert-OH is 1. The summed E-state index contributed by atoms with van der Waals surface area (Å²) >= 11 is 7.47. The van der Waals surface area contributed by atoms with E-state index >= 15 is 0 Å². The van der Waals surface area contributed by atoms with Gasteiger partial charge < -0.3 is 15.2 Å². The number of aliphatic hydroxyl groups is 1. The molecule has 0 amide bonds. The van der Waals surface area contributed by atoms with Crippen LogP contribution in [0.2, 0.25) is 4.34 Å². The third-order valence-electron chi connectivity index (χ3n) is 3.14. The van der Waals surface area contributed by atoms with Gasteiger partial charge >= 0.3 is 0 Å². The van der Waals surface area contributed by atoms with Crippen LogP contribution in [0.15, 0.2) is 36.4 Å². The molecule has 0 saturated heterocycles. The number of rotatable bonds is 6. The lowest BCUT2D eigenvalue weighted by Gasteiger charge is -2.16. The minimum Gasteiger partial charge on any atom is -0.497 e. The Balaban J connectivity index is 1.89. The first-order valence-corrected chi connectivity index (χ1v) is 7.60. The lowest BCUT2D eigenvalue weighted by molar-refractivity contribution is 0.171. The van der Waals surface area contributed by atoms with Crippen molar-refractivity contribution in [3.05, 3.63) is 51.2 Å². The molecule has 1 aromatic heterocycles. The normalized spacial score (nSPS) is 14.0. The highest BCUT2D eigenvalue weighted by Gasteiger charge is 2.12. The zero-order valence-corrected chi connectivity index (χ0v) is 13.0. The molecule has 5 heteroatoms. The lowest BCUT2D eigenvalue weighted by Crippen LogP contribution is -2.24. The summed E-state index contributed by atoms with van der Waals surface area (Å²) in [7, 11) is 1.63. The monoisotopic (exact) mass is 311 g/mol. The second-order valence-corrected chi connectivity index (χ2v) is 6.31. The molecule has 20 heavy (non-hydrogen) atoms. The van der Waals surface area contributed by atoms with E-state index in [2.05, 4.69) is 12.2 Å². The van der Waals surface area contributed by atoms with Gasteiger partial charge in [0.15, 0.2) is 0 Å². The van der Waals surface area contributed by atoms with Crippen molar-refractivity contribution >= 4 is 22.9 Å². The van der Waals surface area contributed by atoms with Crippen molar-refractivity contribution in [1.29, 1.82) is 0 Å². The zero-order valence-electron chi connectivity index (χ0n) is 11.5. The standard InChI is InChI=1S/C15H18ClNO2S/c1-10(14-7-8-15(16)20-14)17-9-13(18)11-3-5-12(19-2)6-4-11/h3-8,10,13,17-18H,9H2,1-2H3. The number of benzene rings is 1. The van der Waals surface area contributed by atoms with Crippen molar-refractivity contribution in [2.24, 2.45) is 0 Å². The molecule has 0 aliphatic rings. The third-order valence-corrected chi connectivity index (χ3v) is 4.55. The molecule has 0 saturated carbocycles. The summed E-state index contributed by atoms with van der Waals surface area (Å²) in [6.07, 6.45) is -0.543. The van der Waals surface area contributed by atoms with Crippen LogP contribution in [0.3, 0.4) is 0 Å². The number of ether oxygens (including phenoxy) is 1. The molecule has 0 fully saturated rings. The summed E-state index contributed by atoms with van der Waals surface area (Å²) in [6.45, 7) is 2.55. The van der Waals surface area contributed by atoms with Crippen LogP contribution in [0.5, 0.6) is 5.75 Å². The minimum absolute atomic E-state index is 0.167. The molecule has 3 nitrogen and oxygen atoms in total. The van der Waals surface area contributed by atoms with Crippen molar-refractivity contribution in [1.82, 2.24) is 5.32 Å². The Hall–Kier alpha value is -1.07. The van der Waals surface area contributed by atoms with Gasteiger partial charge in [-0.15, -0.1) is 11.3 Å². The van der Waals surface area contributed by atoms with Gasteiger partial charge in [-0.2, -0.15) is 0 Å².